The van der Waals surface area contributed by atoms with Gasteiger partial charge in [0.05, 0.1) is 25.7 Å². The zero-order valence-corrected chi connectivity index (χ0v) is 16.5. The summed E-state index contributed by atoms with van der Waals surface area (Å²) in [6, 6.07) is 8.07. The highest BCUT2D eigenvalue weighted by molar-refractivity contribution is 5.61. The third kappa shape index (κ3) is 3.37. The Labute approximate surface area is 172 Å². The first-order valence-corrected chi connectivity index (χ1v) is 9.33. The maximum absolute atomic E-state index is 5.13. The molecule has 4 aromatic heterocycles. The van der Waals surface area contributed by atoms with E-state index in [0.29, 0.717) is 23.8 Å². The molecular formula is C21H18N8O. The van der Waals surface area contributed by atoms with Crippen LogP contribution in [0.2, 0.25) is 0 Å². The molecule has 0 saturated heterocycles. The van der Waals surface area contributed by atoms with Crippen LogP contribution in [0.15, 0.2) is 61.4 Å². The number of rotatable bonds is 5. The van der Waals surface area contributed by atoms with E-state index in [9.17, 15) is 0 Å². The lowest BCUT2D eigenvalue weighted by atomic mass is 10.1. The Balaban J connectivity index is 1.46. The van der Waals surface area contributed by atoms with Crippen LogP contribution in [0.5, 0.6) is 5.75 Å². The molecule has 5 aromatic rings. The van der Waals surface area contributed by atoms with E-state index >= 15 is 0 Å². The first-order chi connectivity index (χ1) is 14.7. The van der Waals surface area contributed by atoms with Gasteiger partial charge in [-0.3, -0.25) is 9.08 Å². The lowest BCUT2D eigenvalue weighted by Gasteiger charge is -2.05. The molecule has 0 atom stereocenters. The molecular weight excluding hydrogens is 380 g/mol. The zero-order chi connectivity index (χ0) is 20.5. The molecule has 0 unspecified atom stereocenters. The van der Waals surface area contributed by atoms with Crippen molar-refractivity contribution in [2.75, 3.05) is 7.11 Å². The highest BCUT2D eigenvalue weighted by atomic mass is 16.5. The highest BCUT2D eigenvalue weighted by Gasteiger charge is 2.11. The number of fused-ring (bicyclic) bond motifs is 1. The summed E-state index contributed by atoms with van der Waals surface area (Å²) < 4.78 is 8.81. The molecule has 0 aliphatic carbocycles. The van der Waals surface area contributed by atoms with E-state index in [0.717, 1.165) is 28.1 Å². The number of hydrogen-bond acceptors (Lipinski definition) is 7. The summed E-state index contributed by atoms with van der Waals surface area (Å²) in [6.45, 7) is 0. The molecule has 0 spiro atoms. The number of hydrogen-bond donors (Lipinski definition) is 0. The van der Waals surface area contributed by atoms with Crippen molar-refractivity contribution in [2.24, 2.45) is 7.05 Å². The van der Waals surface area contributed by atoms with Crippen molar-refractivity contribution in [1.29, 1.82) is 0 Å². The van der Waals surface area contributed by atoms with Gasteiger partial charge < -0.3 is 4.74 Å². The van der Waals surface area contributed by atoms with Crippen molar-refractivity contribution in [3.63, 3.8) is 0 Å². The Morgan fingerprint density at radius 2 is 1.73 bits per heavy atom. The smallest absolute Gasteiger partial charge is 0.254 e. The lowest BCUT2D eigenvalue weighted by molar-refractivity contribution is 0.411. The summed E-state index contributed by atoms with van der Waals surface area (Å²) in [5.74, 6) is 2.63. The minimum Gasteiger partial charge on any atom is -0.494 e. The average Bonchev–Trinajstić information content (AvgIpc) is 3.40. The number of aryl methyl sites for hydroxylation is 1. The summed E-state index contributed by atoms with van der Waals surface area (Å²) in [5, 5.41) is 12.8. The molecule has 30 heavy (non-hydrogen) atoms. The highest BCUT2D eigenvalue weighted by Crippen LogP contribution is 2.21. The predicted octanol–water partition coefficient (Wildman–Crippen LogP) is 2.58. The Morgan fingerprint density at radius 3 is 2.50 bits per heavy atom. The maximum Gasteiger partial charge on any atom is 0.254 e. The topological polar surface area (TPSA) is 95.9 Å². The van der Waals surface area contributed by atoms with Crippen molar-refractivity contribution in [1.82, 2.24) is 39.3 Å². The lowest BCUT2D eigenvalue weighted by Crippen LogP contribution is -1.99. The van der Waals surface area contributed by atoms with Gasteiger partial charge in [-0.2, -0.15) is 5.10 Å². The number of ether oxygens (including phenoxy) is 1. The quantitative estimate of drug-likeness (QED) is 0.449. The van der Waals surface area contributed by atoms with Gasteiger partial charge in [0, 0.05) is 48.7 Å². The van der Waals surface area contributed by atoms with Gasteiger partial charge >= 0.3 is 0 Å². The first kappa shape index (κ1) is 17.9. The Kier molecular flexibility index (Phi) is 4.40. The minimum absolute atomic E-state index is 0.562. The molecule has 0 saturated carbocycles. The fourth-order valence-electron chi connectivity index (χ4n) is 3.25. The molecule has 0 aliphatic heterocycles. The largest absolute Gasteiger partial charge is 0.494 e. The van der Waals surface area contributed by atoms with E-state index in [-0.39, 0.29) is 0 Å². The van der Waals surface area contributed by atoms with Crippen LogP contribution < -0.4 is 4.74 Å². The van der Waals surface area contributed by atoms with Crippen molar-refractivity contribution in [3.8, 4) is 28.3 Å². The molecule has 0 radical (unpaired) electrons. The van der Waals surface area contributed by atoms with Crippen LogP contribution in [0.4, 0.5) is 0 Å². The van der Waals surface area contributed by atoms with Gasteiger partial charge in [-0.25, -0.2) is 15.0 Å². The molecule has 0 N–H and O–H groups in total. The minimum atomic E-state index is 0.562. The average molecular weight is 398 g/mol. The summed E-state index contributed by atoms with van der Waals surface area (Å²) in [5.41, 5.74) is 3.95. The predicted molar refractivity (Wildman–Crippen MR) is 110 cm³/mol. The third-order valence-electron chi connectivity index (χ3n) is 4.79. The second-order valence-corrected chi connectivity index (χ2v) is 6.86. The van der Waals surface area contributed by atoms with Crippen molar-refractivity contribution in [2.45, 2.75) is 6.42 Å². The van der Waals surface area contributed by atoms with Crippen LogP contribution in [0.25, 0.3) is 28.3 Å². The molecule has 5 rings (SSSR count). The van der Waals surface area contributed by atoms with Gasteiger partial charge in [-0.05, 0) is 11.6 Å². The van der Waals surface area contributed by atoms with Crippen LogP contribution >= 0.6 is 0 Å². The van der Waals surface area contributed by atoms with E-state index in [1.54, 1.807) is 30.4 Å². The fourth-order valence-corrected chi connectivity index (χ4v) is 3.25. The molecule has 9 heteroatoms. The van der Waals surface area contributed by atoms with E-state index in [4.69, 9.17) is 4.74 Å². The van der Waals surface area contributed by atoms with Crippen molar-refractivity contribution < 1.29 is 4.74 Å². The number of aromatic nitrogens is 8. The van der Waals surface area contributed by atoms with Crippen LogP contribution in [-0.4, -0.2) is 46.4 Å². The molecule has 0 aliphatic rings. The van der Waals surface area contributed by atoms with Crippen LogP contribution in [0, 0.1) is 0 Å². The third-order valence-corrected chi connectivity index (χ3v) is 4.79. The van der Waals surface area contributed by atoms with Crippen molar-refractivity contribution in [3.05, 3.63) is 72.8 Å². The standard InChI is InChI=1S/C21H18N8O/c1-28-12-17(9-25-28)16-8-24-21-27-26-19(29(21)13-16)7-14-4-3-5-15(6-14)20-22-10-18(30-2)11-23-20/h3-6,8-13H,7H2,1-2H3. The summed E-state index contributed by atoms with van der Waals surface area (Å²) in [7, 11) is 3.48. The van der Waals surface area contributed by atoms with E-state index in [2.05, 4.69) is 36.3 Å². The monoisotopic (exact) mass is 398 g/mol. The number of benzene rings is 1. The Bertz CT molecular complexity index is 1320. The Morgan fingerprint density at radius 1 is 0.900 bits per heavy atom. The molecule has 4 heterocycles. The number of nitrogens with zero attached hydrogens (tertiary/aromatic N) is 8. The van der Waals surface area contributed by atoms with E-state index in [1.165, 1.54) is 0 Å². The van der Waals surface area contributed by atoms with Crippen LogP contribution in [0.1, 0.15) is 11.4 Å². The summed E-state index contributed by atoms with van der Waals surface area (Å²) >= 11 is 0. The maximum atomic E-state index is 5.13. The number of methoxy groups -OCH3 is 1. The van der Waals surface area contributed by atoms with Gasteiger partial charge in [0.25, 0.3) is 5.78 Å². The molecule has 0 bridgehead atoms. The molecule has 0 amide bonds. The summed E-state index contributed by atoms with van der Waals surface area (Å²) in [6.07, 6.45) is 11.5. The van der Waals surface area contributed by atoms with Gasteiger partial charge in [-0.1, -0.05) is 18.2 Å². The van der Waals surface area contributed by atoms with E-state index < -0.39 is 0 Å². The van der Waals surface area contributed by atoms with Gasteiger partial charge in [0.2, 0.25) is 0 Å². The summed E-state index contributed by atoms with van der Waals surface area (Å²) in [4.78, 5) is 13.2. The SMILES string of the molecule is COc1cnc(-c2cccc(Cc3nnc4ncc(-c5cnn(C)c5)cn34)c2)nc1. The first-order valence-electron chi connectivity index (χ1n) is 9.33. The van der Waals surface area contributed by atoms with Gasteiger partial charge in [0.1, 0.15) is 5.82 Å². The van der Waals surface area contributed by atoms with Gasteiger partial charge in [0.15, 0.2) is 11.6 Å². The molecule has 0 fully saturated rings. The molecule has 1 aromatic carbocycles. The molecule has 148 valence electrons. The fraction of sp³-hybridized carbons (Fsp3) is 0.143. The second-order valence-electron chi connectivity index (χ2n) is 6.86. The second kappa shape index (κ2) is 7.36. The van der Waals surface area contributed by atoms with Crippen molar-refractivity contribution >= 4 is 5.78 Å². The van der Waals surface area contributed by atoms with E-state index in [1.807, 2.05) is 48.2 Å². The zero-order valence-electron chi connectivity index (χ0n) is 16.5. The normalized spacial score (nSPS) is 11.1. The van der Waals surface area contributed by atoms with Crippen LogP contribution in [-0.2, 0) is 13.5 Å². The van der Waals surface area contributed by atoms with Gasteiger partial charge in [-0.15, -0.1) is 10.2 Å². The Hall–Kier alpha value is -4.14. The van der Waals surface area contributed by atoms with Crippen LogP contribution in [0.3, 0.4) is 0 Å². The molecule has 9 nitrogen and oxygen atoms in total.